The lowest BCUT2D eigenvalue weighted by atomic mass is 9.50. The van der Waals surface area contributed by atoms with Crippen LogP contribution in [0.2, 0.25) is 5.02 Å². The van der Waals surface area contributed by atoms with Gasteiger partial charge in [0.15, 0.2) is 5.75 Å². The summed E-state index contributed by atoms with van der Waals surface area (Å²) in [7, 11) is 1.59. The van der Waals surface area contributed by atoms with E-state index in [-0.39, 0.29) is 16.7 Å². The molecular formula is C23H29ClN4O2. The van der Waals surface area contributed by atoms with Crippen LogP contribution >= 0.6 is 11.6 Å². The van der Waals surface area contributed by atoms with Crippen molar-refractivity contribution >= 4 is 22.6 Å². The van der Waals surface area contributed by atoms with Crippen LogP contribution in [0.1, 0.15) is 63.9 Å². The van der Waals surface area contributed by atoms with E-state index in [1.54, 1.807) is 13.3 Å². The van der Waals surface area contributed by atoms with Gasteiger partial charge in [0.05, 0.1) is 29.8 Å². The van der Waals surface area contributed by atoms with Gasteiger partial charge in [-0.15, -0.1) is 0 Å². The van der Waals surface area contributed by atoms with Gasteiger partial charge in [-0.1, -0.05) is 25.4 Å². The normalized spacial score (nSPS) is 34.8. The number of methoxy groups -OCH3 is 1. The number of rotatable bonds is 5. The molecule has 7 heteroatoms. The molecule has 2 aliphatic heterocycles. The van der Waals surface area contributed by atoms with Crippen LogP contribution in [0.4, 0.5) is 0 Å². The number of nitrogens with zero attached hydrogens (tertiary/aromatic N) is 3. The zero-order valence-electron chi connectivity index (χ0n) is 17.8. The van der Waals surface area contributed by atoms with E-state index in [1.165, 1.54) is 0 Å². The largest absolute Gasteiger partial charge is 0.494 e. The maximum atomic E-state index is 11.3. The monoisotopic (exact) mass is 428 g/mol. The molecule has 4 fully saturated rings. The van der Waals surface area contributed by atoms with Crippen molar-refractivity contribution in [2.45, 2.75) is 76.6 Å². The molecule has 2 aliphatic carbocycles. The predicted molar refractivity (Wildman–Crippen MR) is 115 cm³/mol. The number of fused-ring (bicyclic) bond motifs is 1. The molecule has 2 aromatic rings. The van der Waals surface area contributed by atoms with Crippen LogP contribution in [0, 0.1) is 22.2 Å². The molecule has 0 aromatic carbocycles. The van der Waals surface area contributed by atoms with Gasteiger partial charge < -0.3 is 14.8 Å². The molecule has 2 aromatic heterocycles. The fourth-order valence-corrected chi connectivity index (χ4v) is 7.28. The summed E-state index contributed by atoms with van der Waals surface area (Å²) in [6.07, 6.45) is 8.61. The van der Waals surface area contributed by atoms with E-state index in [0.29, 0.717) is 29.3 Å². The molecular weight excluding hydrogens is 400 g/mol. The summed E-state index contributed by atoms with van der Waals surface area (Å²) >= 11 is 6.57. The highest BCUT2D eigenvalue weighted by Gasteiger charge is 2.60. The van der Waals surface area contributed by atoms with Crippen molar-refractivity contribution in [2.75, 3.05) is 7.11 Å². The van der Waals surface area contributed by atoms with Crippen LogP contribution < -0.4 is 4.74 Å². The number of piperidine rings is 2. The van der Waals surface area contributed by atoms with Crippen LogP contribution in [0.3, 0.4) is 0 Å². The van der Waals surface area contributed by atoms with Gasteiger partial charge in [-0.25, -0.2) is 4.98 Å². The zero-order valence-corrected chi connectivity index (χ0v) is 18.5. The molecule has 160 valence electrons. The van der Waals surface area contributed by atoms with Crippen molar-refractivity contribution in [1.29, 1.82) is 5.26 Å². The number of nitrogens with one attached hydrogen (secondary N) is 1. The highest BCUT2D eigenvalue weighted by Crippen LogP contribution is 2.61. The van der Waals surface area contributed by atoms with E-state index in [9.17, 15) is 10.4 Å². The number of nitriles is 1. The minimum absolute atomic E-state index is 0.0952. The van der Waals surface area contributed by atoms with E-state index in [0.717, 1.165) is 48.7 Å². The van der Waals surface area contributed by atoms with E-state index in [2.05, 4.69) is 34.8 Å². The number of aromatic amines is 1. The summed E-state index contributed by atoms with van der Waals surface area (Å²) < 4.78 is 5.34. The number of hydrogen-bond acceptors (Lipinski definition) is 5. The van der Waals surface area contributed by atoms with Crippen molar-refractivity contribution in [2.24, 2.45) is 10.8 Å². The second kappa shape index (κ2) is 6.85. The molecule has 2 N–H and O–H groups in total. The van der Waals surface area contributed by atoms with Crippen molar-refractivity contribution < 1.29 is 9.84 Å². The number of halogens is 1. The lowest BCUT2D eigenvalue weighted by Gasteiger charge is -2.64. The molecule has 2 saturated heterocycles. The van der Waals surface area contributed by atoms with Gasteiger partial charge in [0.25, 0.3) is 0 Å². The molecule has 0 radical (unpaired) electrons. The minimum Gasteiger partial charge on any atom is -0.494 e. The minimum atomic E-state index is -0.531. The van der Waals surface area contributed by atoms with Crippen LogP contribution in [-0.2, 0) is 0 Å². The predicted octanol–water partition coefficient (Wildman–Crippen LogP) is 4.58. The quantitative estimate of drug-likeness (QED) is 0.727. The van der Waals surface area contributed by atoms with Gasteiger partial charge in [0.1, 0.15) is 11.9 Å². The first-order chi connectivity index (χ1) is 14.3. The first-order valence-electron chi connectivity index (χ1n) is 10.8. The lowest BCUT2D eigenvalue weighted by Crippen LogP contribution is -2.66. The van der Waals surface area contributed by atoms with E-state index in [1.807, 2.05) is 6.20 Å². The SMILES string of the molecule is COc1cnc2[nH]cc(C(C)CC(O)N3C4CC5(C)CC3CC(C#N)(C4)C5)c2c1Cl. The van der Waals surface area contributed by atoms with Gasteiger partial charge in [0.2, 0.25) is 0 Å². The molecule has 2 saturated carbocycles. The van der Waals surface area contributed by atoms with Crippen molar-refractivity contribution in [3.05, 3.63) is 23.0 Å². The van der Waals surface area contributed by atoms with Crippen LogP contribution in [0.25, 0.3) is 11.0 Å². The van der Waals surface area contributed by atoms with Crippen molar-refractivity contribution in [3.63, 3.8) is 0 Å². The third-order valence-corrected chi connectivity index (χ3v) is 8.23. The second-order valence-corrected chi connectivity index (χ2v) is 10.6. The average Bonchev–Trinajstić information content (AvgIpc) is 3.12. The summed E-state index contributed by atoms with van der Waals surface area (Å²) in [5.41, 5.74) is 1.84. The average molecular weight is 429 g/mol. The van der Waals surface area contributed by atoms with E-state index >= 15 is 0 Å². The third kappa shape index (κ3) is 2.94. The fraction of sp³-hybridized carbons (Fsp3) is 0.652. The van der Waals surface area contributed by atoms with Crippen molar-refractivity contribution in [1.82, 2.24) is 14.9 Å². The molecule has 6 nitrogen and oxygen atoms in total. The molecule has 0 amide bonds. The second-order valence-electron chi connectivity index (χ2n) is 10.2. The van der Waals surface area contributed by atoms with Crippen molar-refractivity contribution in [3.8, 4) is 11.8 Å². The summed E-state index contributed by atoms with van der Waals surface area (Å²) in [5, 5.41) is 22.6. The molecule has 0 spiro atoms. The Morgan fingerprint density at radius 1 is 1.40 bits per heavy atom. The number of hydrogen-bond donors (Lipinski definition) is 2. The summed E-state index contributed by atoms with van der Waals surface area (Å²) in [6.45, 7) is 4.45. The number of pyridine rings is 1. The van der Waals surface area contributed by atoms with E-state index < -0.39 is 6.23 Å². The zero-order chi connectivity index (χ0) is 21.3. The Hall–Kier alpha value is -1.81. The Morgan fingerprint density at radius 3 is 2.73 bits per heavy atom. The summed E-state index contributed by atoms with van der Waals surface area (Å²) in [6, 6.07) is 3.24. The molecule has 4 aliphatic rings. The Balaban J connectivity index is 1.39. The van der Waals surface area contributed by atoms with Gasteiger partial charge in [-0.3, -0.25) is 4.90 Å². The number of aliphatic hydroxyl groups is 1. The Kier molecular flexibility index (Phi) is 4.59. The third-order valence-electron chi connectivity index (χ3n) is 7.85. The van der Waals surface area contributed by atoms with Gasteiger partial charge >= 0.3 is 0 Å². The summed E-state index contributed by atoms with van der Waals surface area (Å²) in [4.78, 5) is 9.92. The molecule has 4 bridgehead atoms. The molecule has 30 heavy (non-hydrogen) atoms. The summed E-state index contributed by atoms with van der Waals surface area (Å²) in [5.74, 6) is 0.649. The number of H-pyrrole nitrogens is 1. The molecule has 4 atom stereocenters. The Labute approximate surface area is 182 Å². The molecule has 4 heterocycles. The van der Waals surface area contributed by atoms with Crippen LogP contribution in [0.5, 0.6) is 5.75 Å². The van der Waals surface area contributed by atoms with Gasteiger partial charge in [-0.05, 0) is 55.4 Å². The molecule has 4 unspecified atom stereocenters. The maximum absolute atomic E-state index is 11.3. The topological polar surface area (TPSA) is 85.2 Å². The highest BCUT2D eigenvalue weighted by atomic mass is 35.5. The maximum Gasteiger partial charge on any atom is 0.156 e. The lowest BCUT2D eigenvalue weighted by molar-refractivity contribution is -0.182. The fourth-order valence-electron chi connectivity index (χ4n) is 6.95. The number of ether oxygens (including phenoxy) is 1. The Bertz CT molecular complexity index is 1010. The number of aliphatic hydroxyl groups excluding tert-OH is 1. The van der Waals surface area contributed by atoms with Gasteiger partial charge in [0, 0.05) is 23.7 Å². The van der Waals surface area contributed by atoms with E-state index in [4.69, 9.17) is 16.3 Å². The Morgan fingerprint density at radius 2 is 2.10 bits per heavy atom. The number of aromatic nitrogens is 2. The smallest absolute Gasteiger partial charge is 0.156 e. The van der Waals surface area contributed by atoms with Gasteiger partial charge in [-0.2, -0.15) is 5.26 Å². The van der Waals surface area contributed by atoms with Crippen LogP contribution in [0.15, 0.2) is 12.4 Å². The first kappa shape index (κ1) is 20.1. The van der Waals surface area contributed by atoms with Crippen LogP contribution in [-0.4, -0.2) is 45.4 Å². The first-order valence-corrected chi connectivity index (χ1v) is 11.2. The molecule has 6 rings (SSSR count). The highest BCUT2D eigenvalue weighted by molar-refractivity contribution is 6.37. The standard InChI is InChI=1S/C23H29ClN4O2/c1-13(16-9-26-21-19(16)20(24)17(30-3)10-27-21)4-18(29)28-14-5-22(2)6-15(28)8-23(7-14,11-22)12-25/h9-10,13-15,18,29H,4-8,11H2,1-3H3,(H,26,27).